The molecule has 1 aliphatic heterocycles. The molecule has 2 amide bonds. The van der Waals surface area contributed by atoms with E-state index in [-0.39, 0.29) is 17.9 Å². The number of hydrogen-bond acceptors (Lipinski definition) is 3. The lowest BCUT2D eigenvalue weighted by atomic mass is 9.89. The SMILES string of the molecule is C/C=C(\C(=O)NC)C1(OC)C[C@@H](C)N(C(C)=O)C1. The summed E-state index contributed by atoms with van der Waals surface area (Å²) in [6, 6.07) is 0.0713. The standard InChI is InChI=1S/C13H22N2O3/c1-6-11(12(17)14-4)13(18-5)7-9(2)15(8-13)10(3)16/h6,9H,7-8H2,1-5H3,(H,14,17)/b11-6+/t9-,13?/m1/s1. The van der Waals surface area contributed by atoms with Crippen LogP contribution < -0.4 is 5.32 Å². The number of carbonyl (C=O) groups is 2. The minimum atomic E-state index is -0.695. The van der Waals surface area contributed by atoms with Gasteiger partial charge in [0.25, 0.3) is 0 Å². The quantitative estimate of drug-likeness (QED) is 0.754. The fourth-order valence-electron chi connectivity index (χ4n) is 2.69. The second-order valence-corrected chi connectivity index (χ2v) is 4.68. The Bertz CT molecular complexity index is 378. The van der Waals surface area contributed by atoms with Gasteiger partial charge in [-0.05, 0) is 13.8 Å². The normalized spacial score (nSPS) is 28.4. The van der Waals surface area contributed by atoms with E-state index in [1.54, 1.807) is 25.1 Å². The summed E-state index contributed by atoms with van der Waals surface area (Å²) >= 11 is 0. The number of nitrogens with one attached hydrogen (secondary N) is 1. The lowest BCUT2D eigenvalue weighted by molar-refractivity contribution is -0.130. The predicted molar refractivity (Wildman–Crippen MR) is 69.0 cm³/mol. The molecule has 0 aromatic rings. The molecular formula is C13H22N2O3. The Balaban J connectivity index is 3.09. The lowest BCUT2D eigenvalue weighted by Gasteiger charge is -2.29. The Morgan fingerprint density at radius 2 is 2.11 bits per heavy atom. The van der Waals surface area contributed by atoms with Gasteiger partial charge in [0.2, 0.25) is 11.8 Å². The Morgan fingerprint density at radius 3 is 2.44 bits per heavy atom. The molecule has 5 nitrogen and oxygen atoms in total. The van der Waals surface area contributed by atoms with Crippen LogP contribution in [0.4, 0.5) is 0 Å². The van der Waals surface area contributed by atoms with Crippen molar-refractivity contribution in [1.29, 1.82) is 0 Å². The van der Waals surface area contributed by atoms with Crippen LogP contribution >= 0.6 is 0 Å². The van der Waals surface area contributed by atoms with E-state index < -0.39 is 5.60 Å². The number of amides is 2. The summed E-state index contributed by atoms with van der Waals surface area (Å²) < 4.78 is 5.60. The van der Waals surface area contributed by atoms with E-state index in [2.05, 4.69) is 5.32 Å². The number of rotatable bonds is 3. The lowest BCUT2D eigenvalue weighted by Crippen LogP contribution is -2.43. The van der Waals surface area contributed by atoms with Gasteiger partial charge in [-0.15, -0.1) is 0 Å². The van der Waals surface area contributed by atoms with Crippen molar-refractivity contribution in [3.63, 3.8) is 0 Å². The molecule has 102 valence electrons. The molecule has 1 aliphatic rings. The molecule has 0 saturated carbocycles. The van der Waals surface area contributed by atoms with Crippen molar-refractivity contribution >= 4 is 11.8 Å². The van der Waals surface area contributed by atoms with E-state index in [9.17, 15) is 9.59 Å². The van der Waals surface area contributed by atoms with Crippen LogP contribution in [0.15, 0.2) is 11.6 Å². The summed E-state index contributed by atoms with van der Waals surface area (Å²) in [5.74, 6) is -0.147. The van der Waals surface area contributed by atoms with E-state index in [1.165, 1.54) is 6.92 Å². The van der Waals surface area contributed by atoms with Gasteiger partial charge < -0.3 is 15.0 Å². The molecule has 1 rings (SSSR count). The summed E-state index contributed by atoms with van der Waals surface area (Å²) in [6.07, 6.45) is 2.40. The van der Waals surface area contributed by atoms with Crippen molar-refractivity contribution < 1.29 is 14.3 Å². The highest BCUT2D eigenvalue weighted by molar-refractivity contribution is 5.95. The van der Waals surface area contributed by atoms with Crippen molar-refractivity contribution in [2.24, 2.45) is 0 Å². The van der Waals surface area contributed by atoms with Crippen LogP contribution in [0.2, 0.25) is 0 Å². The summed E-state index contributed by atoms with van der Waals surface area (Å²) in [6.45, 7) is 5.75. The highest BCUT2D eigenvalue weighted by atomic mass is 16.5. The summed E-state index contributed by atoms with van der Waals surface area (Å²) in [5, 5.41) is 2.62. The molecule has 2 atom stereocenters. The third kappa shape index (κ3) is 2.41. The smallest absolute Gasteiger partial charge is 0.249 e. The van der Waals surface area contributed by atoms with Gasteiger partial charge in [-0.2, -0.15) is 0 Å². The van der Waals surface area contributed by atoms with E-state index in [4.69, 9.17) is 4.74 Å². The van der Waals surface area contributed by atoms with Crippen LogP contribution in [0.3, 0.4) is 0 Å². The van der Waals surface area contributed by atoms with Gasteiger partial charge in [-0.25, -0.2) is 0 Å². The second kappa shape index (κ2) is 5.52. The van der Waals surface area contributed by atoms with Gasteiger partial charge in [-0.3, -0.25) is 9.59 Å². The monoisotopic (exact) mass is 254 g/mol. The van der Waals surface area contributed by atoms with Gasteiger partial charge in [0.15, 0.2) is 0 Å². The zero-order chi connectivity index (χ0) is 13.9. The van der Waals surface area contributed by atoms with Crippen molar-refractivity contribution in [3.05, 3.63) is 11.6 Å². The van der Waals surface area contributed by atoms with Crippen LogP contribution in [0.1, 0.15) is 27.2 Å². The number of allylic oxidation sites excluding steroid dienone is 1. The molecule has 1 fully saturated rings. The molecule has 5 heteroatoms. The van der Waals surface area contributed by atoms with E-state index >= 15 is 0 Å². The molecule has 1 heterocycles. The Kier molecular flexibility index (Phi) is 4.51. The summed E-state index contributed by atoms with van der Waals surface area (Å²) in [5.41, 5.74) is -0.108. The maximum absolute atomic E-state index is 11.9. The van der Waals surface area contributed by atoms with Crippen LogP contribution in [0.25, 0.3) is 0 Å². The third-order valence-corrected chi connectivity index (χ3v) is 3.63. The second-order valence-electron chi connectivity index (χ2n) is 4.68. The van der Waals surface area contributed by atoms with E-state index in [0.717, 1.165) is 0 Å². The maximum Gasteiger partial charge on any atom is 0.249 e. The fraction of sp³-hybridized carbons (Fsp3) is 0.692. The molecule has 0 aromatic carbocycles. The van der Waals surface area contributed by atoms with Gasteiger partial charge in [-0.1, -0.05) is 6.08 Å². The first kappa shape index (κ1) is 14.7. The topological polar surface area (TPSA) is 58.6 Å². The van der Waals surface area contributed by atoms with Gasteiger partial charge in [0, 0.05) is 39.1 Å². The molecule has 0 radical (unpaired) electrons. The predicted octanol–water partition coefficient (Wildman–Crippen LogP) is 0.705. The van der Waals surface area contributed by atoms with E-state index in [0.29, 0.717) is 18.5 Å². The number of methoxy groups -OCH3 is 1. The van der Waals surface area contributed by atoms with Crippen molar-refractivity contribution in [1.82, 2.24) is 10.2 Å². The highest BCUT2D eigenvalue weighted by Gasteiger charge is 2.47. The largest absolute Gasteiger partial charge is 0.371 e. The molecule has 1 N–H and O–H groups in total. The fourth-order valence-corrected chi connectivity index (χ4v) is 2.69. The molecular weight excluding hydrogens is 232 g/mol. The summed E-state index contributed by atoms with van der Waals surface area (Å²) in [7, 11) is 3.18. The van der Waals surface area contributed by atoms with E-state index in [1.807, 2.05) is 13.8 Å². The third-order valence-electron chi connectivity index (χ3n) is 3.63. The number of hydrogen-bond donors (Lipinski definition) is 1. The zero-order valence-corrected chi connectivity index (χ0v) is 11.7. The average Bonchev–Trinajstić information content (AvgIpc) is 2.68. The summed E-state index contributed by atoms with van der Waals surface area (Å²) in [4.78, 5) is 25.2. The number of ether oxygens (including phenoxy) is 1. The van der Waals surface area contributed by atoms with Crippen molar-refractivity contribution in [2.75, 3.05) is 20.7 Å². The molecule has 0 bridgehead atoms. The molecule has 0 spiro atoms. The van der Waals surface area contributed by atoms with Crippen molar-refractivity contribution in [3.8, 4) is 0 Å². The van der Waals surface area contributed by atoms with Crippen LogP contribution in [0, 0.1) is 0 Å². The Hall–Kier alpha value is -1.36. The first-order valence-corrected chi connectivity index (χ1v) is 6.13. The maximum atomic E-state index is 11.9. The average molecular weight is 254 g/mol. The number of likely N-dealkylation sites (N-methyl/N-ethyl adjacent to an activating group) is 1. The van der Waals surface area contributed by atoms with Crippen molar-refractivity contribution in [2.45, 2.75) is 38.8 Å². The van der Waals surface area contributed by atoms with Crippen LogP contribution in [0.5, 0.6) is 0 Å². The minimum Gasteiger partial charge on any atom is -0.371 e. The highest BCUT2D eigenvalue weighted by Crippen LogP contribution is 2.36. The number of likely N-dealkylation sites (tertiary alicyclic amines) is 1. The number of nitrogens with zero attached hydrogens (tertiary/aromatic N) is 1. The molecule has 1 unspecified atom stereocenters. The zero-order valence-electron chi connectivity index (χ0n) is 11.7. The number of carbonyl (C=O) groups excluding carboxylic acids is 2. The van der Waals surface area contributed by atoms with Crippen LogP contribution in [-0.4, -0.2) is 49.1 Å². The van der Waals surface area contributed by atoms with Gasteiger partial charge in [0.1, 0.15) is 5.60 Å². The first-order chi connectivity index (χ1) is 8.41. The van der Waals surface area contributed by atoms with Gasteiger partial charge in [0.05, 0.1) is 6.54 Å². The van der Waals surface area contributed by atoms with Crippen LogP contribution in [-0.2, 0) is 14.3 Å². The molecule has 0 aromatic heterocycles. The van der Waals surface area contributed by atoms with Gasteiger partial charge >= 0.3 is 0 Å². The molecule has 18 heavy (non-hydrogen) atoms. The first-order valence-electron chi connectivity index (χ1n) is 6.13. The Morgan fingerprint density at radius 1 is 1.50 bits per heavy atom. The Labute approximate surface area is 108 Å². The minimum absolute atomic E-state index is 0.00813. The molecule has 0 aliphatic carbocycles. The molecule has 1 saturated heterocycles.